The van der Waals surface area contributed by atoms with Crippen LogP contribution in [0.3, 0.4) is 0 Å². The number of halogens is 1. The number of hydrogen-bond acceptors (Lipinski definition) is 2. The van der Waals surface area contributed by atoms with Gasteiger partial charge in [-0.05, 0) is 43.5 Å². The Morgan fingerprint density at radius 3 is 1.74 bits per heavy atom. The second kappa shape index (κ2) is 8.49. The third-order valence-electron chi connectivity index (χ3n) is 4.74. The van der Waals surface area contributed by atoms with E-state index in [1.54, 1.807) is 0 Å². The Hall–Kier alpha value is -1.35. The third kappa shape index (κ3) is 4.35. The molecule has 0 unspecified atom stereocenters. The molecule has 0 amide bonds. The molecule has 0 saturated carbocycles. The normalized spacial score (nSPS) is 15.9. The molecule has 124 valence electrons. The van der Waals surface area contributed by atoms with E-state index < -0.39 is 5.60 Å². The maximum atomic E-state index is 11.5. The van der Waals surface area contributed by atoms with Gasteiger partial charge in [0.25, 0.3) is 0 Å². The molecule has 1 fully saturated rings. The molecule has 1 saturated heterocycles. The number of aliphatic hydroxyl groups is 1. The minimum absolute atomic E-state index is 0. The van der Waals surface area contributed by atoms with Crippen LogP contribution in [0.2, 0.25) is 0 Å². The van der Waals surface area contributed by atoms with Gasteiger partial charge in [-0.15, -0.1) is 12.4 Å². The van der Waals surface area contributed by atoms with Gasteiger partial charge < -0.3 is 10.0 Å². The fraction of sp³-hybridized carbons (Fsp3) is 0.400. The zero-order valence-electron chi connectivity index (χ0n) is 13.5. The molecular formula is C20H26ClNO. The highest BCUT2D eigenvalue weighted by Crippen LogP contribution is 2.33. The van der Waals surface area contributed by atoms with Gasteiger partial charge in [-0.3, -0.25) is 0 Å². The predicted octanol–water partition coefficient (Wildman–Crippen LogP) is 4.22. The van der Waals surface area contributed by atoms with Crippen molar-refractivity contribution in [1.29, 1.82) is 0 Å². The molecule has 1 heterocycles. The molecule has 3 heteroatoms. The molecule has 23 heavy (non-hydrogen) atoms. The van der Waals surface area contributed by atoms with Crippen LogP contribution in [0, 0.1) is 0 Å². The van der Waals surface area contributed by atoms with Crippen LogP contribution in [0.4, 0.5) is 0 Å². The summed E-state index contributed by atoms with van der Waals surface area (Å²) in [5.41, 5.74) is 1.07. The van der Waals surface area contributed by atoms with Gasteiger partial charge in [-0.25, -0.2) is 0 Å². The number of likely N-dealkylation sites (tertiary alicyclic amines) is 1. The minimum atomic E-state index is -0.903. The fourth-order valence-electron chi connectivity index (χ4n) is 3.39. The summed E-state index contributed by atoms with van der Waals surface area (Å²) in [7, 11) is 0. The van der Waals surface area contributed by atoms with Crippen molar-refractivity contribution in [2.45, 2.75) is 31.3 Å². The van der Waals surface area contributed by atoms with Crippen molar-refractivity contribution in [3.05, 3.63) is 71.8 Å². The number of piperidine rings is 1. The smallest absolute Gasteiger partial charge is 0.116 e. The van der Waals surface area contributed by atoms with Crippen LogP contribution in [0.25, 0.3) is 0 Å². The van der Waals surface area contributed by atoms with E-state index in [0.29, 0.717) is 0 Å². The average Bonchev–Trinajstić information content (AvgIpc) is 2.62. The van der Waals surface area contributed by atoms with Crippen LogP contribution in [-0.2, 0) is 5.60 Å². The van der Waals surface area contributed by atoms with Gasteiger partial charge in [-0.2, -0.15) is 0 Å². The molecule has 3 rings (SSSR count). The molecule has 2 nitrogen and oxygen atoms in total. The zero-order valence-corrected chi connectivity index (χ0v) is 14.3. The van der Waals surface area contributed by atoms with E-state index in [1.807, 2.05) is 60.7 Å². The molecule has 1 N–H and O–H groups in total. The number of benzene rings is 2. The second-order valence-corrected chi connectivity index (χ2v) is 6.24. The third-order valence-corrected chi connectivity index (χ3v) is 4.74. The number of nitrogens with zero attached hydrogens (tertiary/aromatic N) is 1. The molecule has 2 aromatic carbocycles. The lowest BCUT2D eigenvalue weighted by Crippen LogP contribution is -2.36. The summed E-state index contributed by atoms with van der Waals surface area (Å²) in [6.45, 7) is 3.28. The molecule has 1 aliphatic heterocycles. The molecule has 1 aliphatic rings. The first-order valence-electron chi connectivity index (χ1n) is 8.35. The first-order valence-corrected chi connectivity index (χ1v) is 8.35. The van der Waals surface area contributed by atoms with Gasteiger partial charge >= 0.3 is 0 Å². The Kier molecular flexibility index (Phi) is 6.64. The molecule has 0 atom stereocenters. The van der Waals surface area contributed by atoms with E-state index in [0.717, 1.165) is 24.1 Å². The fourth-order valence-corrected chi connectivity index (χ4v) is 3.39. The summed E-state index contributed by atoms with van der Waals surface area (Å²) >= 11 is 0. The van der Waals surface area contributed by atoms with Crippen molar-refractivity contribution in [3.8, 4) is 0 Å². The summed E-state index contributed by atoms with van der Waals surface area (Å²) in [4.78, 5) is 2.49. The topological polar surface area (TPSA) is 23.5 Å². The van der Waals surface area contributed by atoms with E-state index in [-0.39, 0.29) is 12.4 Å². The molecule has 0 spiro atoms. The molecule has 2 aromatic rings. The van der Waals surface area contributed by atoms with Crippen molar-refractivity contribution < 1.29 is 5.11 Å². The summed E-state index contributed by atoms with van der Waals surface area (Å²) < 4.78 is 0. The summed E-state index contributed by atoms with van der Waals surface area (Å²) in [5.74, 6) is 0. The van der Waals surface area contributed by atoms with Gasteiger partial charge in [0.15, 0.2) is 0 Å². The number of rotatable bonds is 5. The lowest BCUT2D eigenvalue weighted by atomic mass is 9.83. The van der Waals surface area contributed by atoms with Crippen molar-refractivity contribution >= 4 is 12.4 Å². The molecule has 0 bridgehead atoms. The maximum Gasteiger partial charge on any atom is 0.116 e. The van der Waals surface area contributed by atoms with E-state index in [4.69, 9.17) is 0 Å². The summed E-state index contributed by atoms with van der Waals surface area (Å²) in [5, 5.41) is 11.5. The highest BCUT2D eigenvalue weighted by Gasteiger charge is 2.31. The molecule has 0 radical (unpaired) electrons. The van der Waals surface area contributed by atoms with Crippen molar-refractivity contribution in [2.24, 2.45) is 0 Å². The van der Waals surface area contributed by atoms with Crippen LogP contribution >= 0.6 is 12.4 Å². The van der Waals surface area contributed by atoms with Crippen molar-refractivity contribution in [1.82, 2.24) is 4.90 Å². The van der Waals surface area contributed by atoms with E-state index in [1.165, 1.54) is 32.4 Å². The van der Waals surface area contributed by atoms with E-state index in [2.05, 4.69) is 4.90 Å². The van der Waals surface area contributed by atoms with Gasteiger partial charge in [0.1, 0.15) is 5.60 Å². The first-order chi connectivity index (χ1) is 10.8. The standard InChI is InChI=1S/C20H25NO.ClH/c22-20(18-10-4-1-5-11-18,19-12-6-2-7-13-19)14-17-21-15-8-3-9-16-21;/h1-2,4-7,10-13,22H,3,8-9,14-17H2;1H. The van der Waals surface area contributed by atoms with Crippen LogP contribution < -0.4 is 0 Å². The summed E-state index contributed by atoms with van der Waals surface area (Å²) in [6, 6.07) is 20.1. The Bertz CT molecular complexity index is 527. The lowest BCUT2D eigenvalue weighted by molar-refractivity contribution is 0.0546. The van der Waals surface area contributed by atoms with Gasteiger partial charge in [0, 0.05) is 6.54 Å². The van der Waals surface area contributed by atoms with Crippen molar-refractivity contribution in [3.63, 3.8) is 0 Å². The predicted molar refractivity (Wildman–Crippen MR) is 98.0 cm³/mol. The highest BCUT2D eigenvalue weighted by molar-refractivity contribution is 5.85. The van der Waals surface area contributed by atoms with Crippen LogP contribution in [0.1, 0.15) is 36.8 Å². The largest absolute Gasteiger partial charge is 0.380 e. The van der Waals surface area contributed by atoms with Crippen molar-refractivity contribution in [2.75, 3.05) is 19.6 Å². The second-order valence-electron chi connectivity index (χ2n) is 6.24. The highest BCUT2D eigenvalue weighted by atomic mass is 35.5. The van der Waals surface area contributed by atoms with Gasteiger partial charge in [0.05, 0.1) is 0 Å². The zero-order chi connectivity index (χ0) is 15.3. The lowest BCUT2D eigenvalue weighted by Gasteiger charge is -2.33. The van der Waals surface area contributed by atoms with Crippen LogP contribution in [-0.4, -0.2) is 29.6 Å². The monoisotopic (exact) mass is 331 g/mol. The Balaban J connectivity index is 0.00000192. The van der Waals surface area contributed by atoms with E-state index >= 15 is 0 Å². The van der Waals surface area contributed by atoms with E-state index in [9.17, 15) is 5.11 Å². The van der Waals surface area contributed by atoms with Gasteiger partial charge in [-0.1, -0.05) is 67.1 Å². The Morgan fingerprint density at radius 1 is 0.783 bits per heavy atom. The first kappa shape index (κ1) is 18.0. The maximum absolute atomic E-state index is 11.5. The summed E-state index contributed by atoms with van der Waals surface area (Å²) in [6.07, 6.45) is 4.66. The number of hydrogen-bond donors (Lipinski definition) is 1. The SMILES string of the molecule is Cl.OC(CCN1CCCCC1)(c1ccccc1)c1ccccc1. The molecular weight excluding hydrogens is 306 g/mol. The molecule has 0 aromatic heterocycles. The van der Waals surface area contributed by atoms with Gasteiger partial charge in [0.2, 0.25) is 0 Å². The van der Waals surface area contributed by atoms with Crippen LogP contribution in [0.5, 0.6) is 0 Å². The average molecular weight is 332 g/mol. The quantitative estimate of drug-likeness (QED) is 0.886. The Labute approximate surface area is 145 Å². The molecule has 0 aliphatic carbocycles. The van der Waals surface area contributed by atoms with Crippen LogP contribution in [0.15, 0.2) is 60.7 Å². The minimum Gasteiger partial charge on any atom is -0.380 e. The Morgan fingerprint density at radius 2 is 1.26 bits per heavy atom.